The van der Waals surface area contributed by atoms with Gasteiger partial charge in [0, 0.05) is 23.8 Å². The van der Waals surface area contributed by atoms with Crippen LogP contribution < -0.4 is 15.0 Å². The van der Waals surface area contributed by atoms with Crippen LogP contribution in [0.4, 0.5) is 20.2 Å². The number of rotatable bonds is 8. The number of hydrogen-bond donors (Lipinski definition) is 1. The Kier molecular flexibility index (Phi) is 8.68. The molecule has 0 saturated carbocycles. The highest BCUT2D eigenvalue weighted by molar-refractivity contribution is 6.30. The van der Waals surface area contributed by atoms with Crippen molar-refractivity contribution in [2.24, 2.45) is 0 Å². The minimum absolute atomic E-state index is 0.00447. The molecule has 184 valence electrons. The number of carbonyl (C=O) groups is 2. The van der Waals surface area contributed by atoms with Crippen LogP contribution >= 0.6 is 11.6 Å². The first kappa shape index (κ1) is 25.7. The topological polar surface area (TPSA) is 77.1 Å². The molecule has 0 aliphatic carbocycles. The van der Waals surface area contributed by atoms with E-state index in [1.54, 1.807) is 18.2 Å². The number of ether oxygens (including phenoxy) is 3. The van der Waals surface area contributed by atoms with E-state index in [0.29, 0.717) is 18.1 Å². The predicted octanol–water partition coefficient (Wildman–Crippen LogP) is 4.78. The van der Waals surface area contributed by atoms with Crippen molar-refractivity contribution in [1.29, 1.82) is 0 Å². The van der Waals surface area contributed by atoms with E-state index >= 15 is 0 Å². The van der Waals surface area contributed by atoms with Gasteiger partial charge in [0.15, 0.2) is 6.10 Å². The molecule has 0 bridgehead atoms. The Morgan fingerprint density at radius 1 is 1.15 bits per heavy atom. The van der Waals surface area contributed by atoms with Crippen molar-refractivity contribution in [3.8, 4) is 5.75 Å². The summed E-state index contributed by atoms with van der Waals surface area (Å²) in [4.78, 5) is 27.4. The van der Waals surface area contributed by atoms with E-state index in [9.17, 15) is 18.4 Å². The molecule has 3 atom stereocenters. The molecule has 1 heterocycles. The molecule has 0 spiro atoms. The zero-order valence-electron chi connectivity index (χ0n) is 19.1. The zero-order valence-corrected chi connectivity index (χ0v) is 19.9. The minimum Gasteiger partial charge on any atom is -0.480 e. The van der Waals surface area contributed by atoms with Gasteiger partial charge in [0.2, 0.25) is 6.43 Å². The van der Waals surface area contributed by atoms with Crippen LogP contribution in [0.15, 0.2) is 42.5 Å². The van der Waals surface area contributed by atoms with Crippen molar-refractivity contribution in [3.05, 3.63) is 53.1 Å². The number of nitrogens with one attached hydrogen (secondary N) is 1. The lowest BCUT2D eigenvalue weighted by molar-refractivity contribution is -0.124. The summed E-state index contributed by atoms with van der Waals surface area (Å²) in [6.45, 7) is 5.18. The fourth-order valence-electron chi connectivity index (χ4n) is 3.77. The summed E-state index contributed by atoms with van der Waals surface area (Å²) in [6.07, 6.45) is -5.10. The fraction of sp³-hybridized carbons (Fsp3) is 0.417. The van der Waals surface area contributed by atoms with Crippen LogP contribution in [-0.2, 0) is 14.3 Å². The summed E-state index contributed by atoms with van der Waals surface area (Å²) >= 11 is 5.84. The Hall–Kier alpha value is -2.91. The van der Waals surface area contributed by atoms with Crippen molar-refractivity contribution in [3.63, 3.8) is 0 Å². The van der Waals surface area contributed by atoms with E-state index in [1.165, 1.54) is 31.4 Å². The largest absolute Gasteiger partial charge is 0.480 e. The summed E-state index contributed by atoms with van der Waals surface area (Å²) in [6, 6.07) is 10.9. The first-order valence-corrected chi connectivity index (χ1v) is 11.2. The Balaban J connectivity index is 1.84. The molecular weight excluding hydrogens is 470 g/mol. The average molecular weight is 497 g/mol. The Morgan fingerprint density at radius 2 is 1.79 bits per heavy atom. The van der Waals surface area contributed by atoms with Gasteiger partial charge in [0.1, 0.15) is 5.75 Å². The van der Waals surface area contributed by atoms with Crippen LogP contribution in [-0.4, -0.2) is 56.8 Å². The van der Waals surface area contributed by atoms with Crippen molar-refractivity contribution in [2.45, 2.75) is 45.0 Å². The van der Waals surface area contributed by atoms with Gasteiger partial charge in [-0.1, -0.05) is 11.6 Å². The third kappa shape index (κ3) is 6.80. The molecule has 2 aromatic rings. The maximum atomic E-state index is 13.2. The number of amides is 1. The molecule has 10 heteroatoms. The summed E-state index contributed by atoms with van der Waals surface area (Å²) in [7, 11) is 1.22. The lowest BCUT2D eigenvalue weighted by Gasteiger charge is -2.37. The molecule has 1 saturated heterocycles. The molecule has 0 radical (unpaired) electrons. The highest BCUT2D eigenvalue weighted by atomic mass is 35.5. The van der Waals surface area contributed by atoms with E-state index in [-0.39, 0.29) is 29.2 Å². The second-order valence-corrected chi connectivity index (χ2v) is 8.50. The van der Waals surface area contributed by atoms with E-state index in [0.717, 1.165) is 5.69 Å². The number of morpholine rings is 1. The highest BCUT2D eigenvalue weighted by Crippen LogP contribution is 2.28. The van der Waals surface area contributed by atoms with Crippen LogP contribution in [0.5, 0.6) is 5.75 Å². The van der Waals surface area contributed by atoms with Crippen molar-refractivity contribution >= 4 is 34.9 Å². The first-order chi connectivity index (χ1) is 16.2. The molecule has 7 nitrogen and oxygen atoms in total. The molecule has 2 aromatic carbocycles. The van der Waals surface area contributed by atoms with Crippen LogP contribution in [0, 0.1) is 0 Å². The summed E-state index contributed by atoms with van der Waals surface area (Å²) < 4.78 is 42.5. The fourth-order valence-corrected chi connectivity index (χ4v) is 3.89. The number of halogens is 3. The number of anilines is 2. The van der Waals surface area contributed by atoms with Crippen molar-refractivity contribution in [2.75, 3.05) is 30.4 Å². The Bertz CT molecular complexity index is 995. The molecule has 1 N–H and O–H groups in total. The van der Waals surface area contributed by atoms with Crippen molar-refractivity contribution < 1.29 is 32.6 Å². The number of hydrogen-bond acceptors (Lipinski definition) is 6. The summed E-state index contributed by atoms with van der Waals surface area (Å²) in [5, 5.41) is 2.98. The monoisotopic (exact) mass is 496 g/mol. The van der Waals surface area contributed by atoms with E-state index < -0.39 is 30.8 Å². The molecule has 1 unspecified atom stereocenters. The maximum absolute atomic E-state index is 13.2. The average Bonchev–Trinajstić information content (AvgIpc) is 2.78. The van der Waals surface area contributed by atoms with E-state index in [1.807, 2.05) is 13.8 Å². The molecule has 1 fully saturated rings. The van der Waals surface area contributed by atoms with Gasteiger partial charge in [-0.15, -0.1) is 0 Å². The van der Waals surface area contributed by atoms with E-state index in [4.69, 9.17) is 25.8 Å². The van der Waals surface area contributed by atoms with Gasteiger partial charge in [-0.3, -0.25) is 4.79 Å². The van der Waals surface area contributed by atoms with E-state index in [2.05, 4.69) is 10.2 Å². The number of carbonyl (C=O) groups excluding carboxylic acids is 2. The maximum Gasteiger partial charge on any atom is 0.340 e. The van der Waals surface area contributed by atoms with Gasteiger partial charge in [0.05, 0.1) is 37.0 Å². The normalized spacial score (nSPS) is 19.0. The molecular formula is C24H27ClF2N2O5. The number of benzene rings is 2. The predicted molar refractivity (Wildman–Crippen MR) is 125 cm³/mol. The number of esters is 1. The number of nitrogens with zero attached hydrogens (tertiary/aromatic N) is 1. The quantitative estimate of drug-likeness (QED) is 0.530. The summed E-state index contributed by atoms with van der Waals surface area (Å²) in [5.41, 5.74) is 0.985. The lowest BCUT2D eigenvalue weighted by atomic mass is 10.1. The van der Waals surface area contributed by atoms with Gasteiger partial charge in [-0.25, -0.2) is 13.6 Å². The van der Waals surface area contributed by atoms with Gasteiger partial charge in [0.25, 0.3) is 5.91 Å². The Morgan fingerprint density at radius 3 is 2.38 bits per heavy atom. The SMILES string of the molecule is COC(=O)c1cc(N2CC(C)O[C@@H](C)C2)ccc1NC(=O)[C@H](CC(F)F)Oc1ccc(Cl)cc1. The van der Waals surface area contributed by atoms with Gasteiger partial charge in [-0.2, -0.15) is 0 Å². The molecule has 1 amide bonds. The summed E-state index contributed by atoms with van der Waals surface area (Å²) in [5.74, 6) is -1.28. The van der Waals surface area contributed by atoms with Crippen LogP contribution in [0.3, 0.4) is 0 Å². The van der Waals surface area contributed by atoms with Crippen molar-refractivity contribution in [1.82, 2.24) is 0 Å². The third-order valence-corrected chi connectivity index (χ3v) is 5.48. The van der Waals surface area contributed by atoms with Gasteiger partial charge >= 0.3 is 5.97 Å². The van der Waals surface area contributed by atoms with Crippen LogP contribution in [0.1, 0.15) is 30.6 Å². The van der Waals surface area contributed by atoms with Gasteiger partial charge in [-0.05, 0) is 56.3 Å². The minimum atomic E-state index is -2.78. The third-order valence-electron chi connectivity index (χ3n) is 5.23. The second kappa shape index (κ2) is 11.5. The zero-order chi connectivity index (χ0) is 24.8. The lowest BCUT2D eigenvalue weighted by Crippen LogP contribution is -2.45. The number of methoxy groups -OCH3 is 1. The second-order valence-electron chi connectivity index (χ2n) is 8.06. The molecule has 0 aromatic heterocycles. The number of alkyl halides is 2. The molecule has 1 aliphatic rings. The molecule has 34 heavy (non-hydrogen) atoms. The first-order valence-electron chi connectivity index (χ1n) is 10.8. The smallest absolute Gasteiger partial charge is 0.340 e. The standard InChI is InChI=1S/C24H27ClF2N2O5/c1-14-12-29(13-15(2)33-14)17-6-9-20(19(10-17)24(31)32-3)28-23(30)21(11-22(26)27)34-18-7-4-16(25)5-8-18/h4-10,14-15,21-22H,11-13H2,1-3H3,(H,28,30)/t14-,15?,21-/m0/s1. The van der Waals surface area contributed by atoms with Crippen LogP contribution in [0.25, 0.3) is 0 Å². The van der Waals surface area contributed by atoms with Crippen LogP contribution in [0.2, 0.25) is 5.02 Å². The molecule has 1 aliphatic heterocycles. The van der Waals surface area contributed by atoms with Gasteiger partial charge < -0.3 is 24.4 Å². The molecule has 3 rings (SSSR count). The highest BCUT2D eigenvalue weighted by Gasteiger charge is 2.28. The Labute approximate surface area is 201 Å².